The minimum absolute atomic E-state index is 0.340. The second-order valence-corrected chi connectivity index (χ2v) is 5.26. The average Bonchev–Trinajstić information content (AvgIpc) is 2.53. The van der Waals surface area contributed by atoms with Crippen molar-refractivity contribution in [3.8, 4) is 0 Å². The highest BCUT2D eigenvalue weighted by molar-refractivity contribution is 5.81. The largest absolute Gasteiger partial charge is 0.390 e. The van der Waals surface area contributed by atoms with Gasteiger partial charge in [0.05, 0.1) is 11.6 Å². The van der Waals surface area contributed by atoms with Crippen LogP contribution in [-0.4, -0.2) is 47.3 Å². The highest BCUT2D eigenvalue weighted by Gasteiger charge is 2.09. The summed E-state index contributed by atoms with van der Waals surface area (Å²) in [6.45, 7) is 8.22. The first-order chi connectivity index (χ1) is 10.2. The highest BCUT2D eigenvalue weighted by Crippen LogP contribution is 2.15. The number of aromatic nitrogens is 1. The van der Waals surface area contributed by atoms with Crippen molar-refractivity contribution in [3.63, 3.8) is 0 Å². The Morgan fingerprint density at radius 2 is 1.95 bits per heavy atom. The van der Waals surface area contributed by atoms with Gasteiger partial charge in [0.2, 0.25) is 0 Å². The molecule has 2 N–H and O–H groups in total. The molecule has 114 valence electrons. The summed E-state index contributed by atoms with van der Waals surface area (Å²) in [6.07, 6.45) is 1.48. The number of nitrogens with one attached hydrogen (secondary N) is 1. The van der Waals surface area contributed by atoms with E-state index in [4.69, 9.17) is 0 Å². The normalized spacial score (nSPS) is 13.0. The Kier molecular flexibility index (Phi) is 6.11. The summed E-state index contributed by atoms with van der Waals surface area (Å²) in [5.41, 5.74) is 2.20. The zero-order valence-corrected chi connectivity index (χ0v) is 12.9. The van der Waals surface area contributed by atoms with Gasteiger partial charge >= 0.3 is 0 Å². The predicted octanol–water partition coefficient (Wildman–Crippen LogP) is 2.03. The fourth-order valence-corrected chi connectivity index (χ4v) is 2.53. The van der Waals surface area contributed by atoms with E-state index in [0.29, 0.717) is 13.1 Å². The van der Waals surface area contributed by atoms with Crippen LogP contribution in [0, 0.1) is 0 Å². The van der Waals surface area contributed by atoms with Crippen LogP contribution in [-0.2, 0) is 6.54 Å². The topological polar surface area (TPSA) is 48.4 Å². The van der Waals surface area contributed by atoms with E-state index in [9.17, 15) is 5.11 Å². The first-order valence-corrected chi connectivity index (χ1v) is 7.68. The molecule has 4 heteroatoms. The monoisotopic (exact) mass is 287 g/mol. The summed E-state index contributed by atoms with van der Waals surface area (Å²) >= 11 is 0. The van der Waals surface area contributed by atoms with Gasteiger partial charge in [-0.3, -0.25) is 4.98 Å². The van der Waals surface area contributed by atoms with Gasteiger partial charge < -0.3 is 15.3 Å². The van der Waals surface area contributed by atoms with Crippen molar-refractivity contribution in [2.45, 2.75) is 26.5 Å². The lowest BCUT2D eigenvalue weighted by atomic mass is 10.1. The van der Waals surface area contributed by atoms with Gasteiger partial charge in [-0.1, -0.05) is 38.1 Å². The molecule has 21 heavy (non-hydrogen) atoms. The predicted molar refractivity (Wildman–Crippen MR) is 87.2 cm³/mol. The summed E-state index contributed by atoms with van der Waals surface area (Å²) in [4.78, 5) is 6.67. The molecule has 1 unspecified atom stereocenters. The van der Waals surface area contributed by atoms with E-state index < -0.39 is 0 Å². The van der Waals surface area contributed by atoms with Crippen LogP contribution in [0.2, 0.25) is 0 Å². The lowest BCUT2D eigenvalue weighted by Gasteiger charge is -2.22. The zero-order valence-electron chi connectivity index (χ0n) is 12.9. The molecule has 0 bridgehead atoms. The van der Waals surface area contributed by atoms with Crippen molar-refractivity contribution in [1.82, 2.24) is 15.2 Å². The Morgan fingerprint density at radius 3 is 2.71 bits per heavy atom. The number of para-hydroxylation sites is 1. The molecule has 2 aromatic rings. The van der Waals surface area contributed by atoms with Gasteiger partial charge in [-0.05, 0) is 24.7 Å². The summed E-state index contributed by atoms with van der Waals surface area (Å²) < 4.78 is 0. The number of nitrogens with zero attached hydrogens (tertiary/aromatic N) is 2. The van der Waals surface area contributed by atoms with Crippen LogP contribution in [0.4, 0.5) is 0 Å². The van der Waals surface area contributed by atoms with Gasteiger partial charge in [0.25, 0.3) is 0 Å². The van der Waals surface area contributed by atoms with E-state index >= 15 is 0 Å². The summed E-state index contributed by atoms with van der Waals surface area (Å²) in [7, 11) is 0. The zero-order chi connectivity index (χ0) is 15.1. The van der Waals surface area contributed by atoms with Crippen molar-refractivity contribution in [3.05, 3.63) is 42.1 Å². The van der Waals surface area contributed by atoms with Crippen molar-refractivity contribution in [2.75, 3.05) is 26.2 Å². The van der Waals surface area contributed by atoms with E-state index in [1.54, 1.807) is 0 Å². The number of hydrogen-bond donors (Lipinski definition) is 2. The van der Waals surface area contributed by atoms with Crippen molar-refractivity contribution in [1.29, 1.82) is 0 Å². The van der Waals surface area contributed by atoms with Crippen LogP contribution in [0.5, 0.6) is 0 Å². The van der Waals surface area contributed by atoms with E-state index in [2.05, 4.69) is 47.2 Å². The Morgan fingerprint density at radius 1 is 1.19 bits per heavy atom. The second-order valence-electron chi connectivity index (χ2n) is 5.26. The number of hydrogen-bond acceptors (Lipinski definition) is 4. The minimum Gasteiger partial charge on any atom is -0.390 e. The number of benzene rings is 1. The van der Waals surface area contributed by atoms with Crippen LogP contribution < -0.4 is 5.32 Å². The standard InChI is InChI=1S/C17H25N3O/c1-3-20(4-2)13-16(21)12-18-11-15-8-5-7-14-9-6-10-19-17(14)15/h5-10,16,18,21H,3-4,11-13H2,1-2H3. The van der Waals surface area contributed by atoms with Crippen LogP contribution in [0.15, 0.2) is 36.5 Å². The molecule has 2 rings (SSSR count). The maximum Gasteiger partial charge on any atom is 0.0791 e. The number of rotatable bonds is 8. The van der Waals surface area contributed by atoms with Crippen molar-refractivity contribution < 1.29 is 5.11 Å². The van der Waals surface area contributed by atoms with Crippen molar-refractivity contribution in [2.24, 2.45) is 0 Å². The first kappa shape index (κ1) is 15.9. The van der Waals surface area contributed by atoms with Crippen LogP contribution in [0.1, 0.15) is 19.4 Å². The van der Waals surface area contributed by atoms with Crippen molar-refractivity contribution >= 4 is 10.9 Å². The molecule has 0 aliphatic carbocycles. The van der Waals surface area contributed by atoms with Gasteiger partial charge in [-0.25, -0.2) is 0 Å². The molecule has 0 saturated carbocycles. The molecule has 1 aromatic heterocycles. The lowest BCUT2D eigenvalue weighted by molar-refractivity contribution is 0.116. The number of likely N-dealkylation sites (N-methyl/N-ethyl adjacent to an activating group) is 1. The molecule has 1 heterocycles. The van der Waals surface area contributed by atoms with Crippen LogP contribution >= 0.6 is 0 Å². The Balaban J connectivity index is 1.88. The Bertz CT molecular complexity index is 549. The maximum absolute atomic E-state index is 10.1. The molecule has 0 spiro atoms. The van der Waals surface area contributed by atoms with Gasteiger partial charge in [-0.2, -0.15) is 0 Å². The number of aliphatic hydroxyl groups is 1. The Hall–Kier alpha value is -1.49. The highest BCUT2D eigenvalue weighted by atomic mass is 16.3. The summed E-state index contributed by atoms with van der Waals surface area (Å²) in [5, 5.41) is 14.5. The molecule has 1 aromatic carbocycles. The van der Waals surface area contributed by atoms with E-state index in [0.717, 1.165) is 30.5 Å². The third-order valence-corrected chi connectivity index (χ3v) is 3.78. The lowest BCUT2D eigenvalue weighted by Crippen LogP contribution is -2.38. The molecule has 0 fully saturated rings. The number of fused-ring (bicyclic) bond motifs is 1. The number of aliphatic hydroxyl groups excluding tert-OH is 1. The fourth-order valence-electron chi connectivity index (χ4n) is 2.53. The van der Waals surface area contributed by atoms with Gasteiger partial charge in [0.15, 0.2) is 0 Å². The second kappa shape index (κ2) is 8.08. The average molecular weight is 287 g/mol. The molecule has 0 saturated heterocycles. The van der Waals surface area contributed by atoms with E-state index in [1.807, 2.05) is 18.3 Å². The fraction of sp³-hybridized carbons (Fsp3) is 0.471. The molecule has 0 amide bonds. The third kappa shape index (κ3) is 4.49. The molecule has 0 aliphatic rings. The first-order valence-electron chi connectivity index (χ1n) is 7.68. The minimum atomic E-state index is -0.340. The SMILES string of the molecule is CCN(CC)CC(O)CNCc1cccc2cccnc12. The summed E-state index contributed by atoms with van der Waals surface area (Å²) in [5.74, 6) is 0. The van der Waals surface area contributed by atoms with E-state index in [1.165, 1.54) is 5.56 Å². The van der Waals surface area contributed by atoms with Gasteiger partial charge in [-0.15, -0.1) is 0 Å². The maximum atomic E-state index is 10.1. The molecular weight excluding hydrogens is 262 g/mol. The van der Waals surface area contributed by atoms with Gasteiger partial charge in [0, 0.05) is 31.2 Å². The quantitative estimate of drug-likeness (QED) is 0.780. The third-order valence-electron chi connectivity index (χ3n) is 3.78. The van der Waals surface area contributed by atoms with E-state index in [-0.39, 0.29) is 6.10 Å². The molecule has 1 atom stereocenters. The molecule has 4 nitrogen and oxygen atoms in total. The summed E-state index contributed by atoms with van der Waals surface area (Å²) in [6, 6.07) is 10.2. The smallest absolute Gasteiger partial charge is 0.0791 e. The molecule has 0 radical (unpaired) electrons. The van der Waals surface area contributed by atoms with Crippen LogP contribution in [0.3, 0.4) is 0 Å². The molecular formula is C17H25N3O. The molecule has 0 aliphatic heterocycles. The van der Waals surface area contributed by atoms with Gasteiger partial charge in [0.1, 0.15) is 0 Å². The Labute approximate surface area is 126 Å². The van der Waals surface area contributed by atoms with Crippen LogP contribution in [0.25, 0.3) is 10.9 Å². The number of pyridine rings is 1.